The molecule has 12 heteroatoms. The topological polar surface area (TPSA) is 98.0 Å². The van der Waals surface area contributed by atoms with E-state index < -0.39 is 4.92 Å². The molecule has 1 amide bonds. The number of amides is 1. The van der Waals surface area contributed by atoms with Crippen LogP contribution in [0.15, 0.2) is 30.3 Å². The fraction of sp³-hybridized carbons (Fsp3) is 0.364. The SMILES string of the molecule is CCN(CC)CCN(C(=O)C=Cc1ccc([N+](=O)[O-])s1)c1nc2cc3c(cc2s1)OCCO3.Cl. The minimum absolute atomic E-state index is 0. The number of halogens is 1. The van der Waals surface area contributed by atoms with E-state index in [1.54, 1.807) is 17.0 Å². The first-order chi connectivity index (χ1) is 16.0. The number of thiazole rings is 1. The third kappa shape index (κ3) is 5.84. The van der Waals surface area contributed by atoms with Gasteiger partial charge < -0.3 is 14.4 Å². The van der Waals surface area contributed by atoms with Crippen LogP contribution in [0.1, 0.15) is 18.7 Å². The Labute approximate surface area is 211 Å². The van der Waals surface area contributed by atoms with Crippen molar-refractivity contribution < 1.29 is 19.2 Å². The first kappa shape index (κ1) is 25.9. The van der Waals surface area contributed by atoms with Crippen LogP contribution in [0.2, 0.25) is 0 Å². The molecule has 0 aliphatic carbocycles. The first-order valence-electron chi connectivity index (χ1n) is 10.6. The van der Waals surface area contributed by atoms with Crippen molar-refractivity contribution in [1.29, 1.82) is 0 Å². The maximum absolute atomic E-state index is 13.2. The molecule has 0 radical (unpaired) electrons. The summed E-state index contributed by atoms with van der Waals surface area (Å²) in [5, 5.41) is 11.6. The third-order valence-corrected chi connectivity index (χ3v) is 7.30. The minimum Gasteiger partial charge on any atom is -0.486 e. The molecule has 34 heavy (non-hydrogen) atoms. The summed E-state index contributed by atoms with van der Waals surface area (Å²) >= 11 is 2.45. The van der Waals surface area contributed by atoms with Crippen molar-refractivity contribution >= 4 is 67.4 Å². The number of nitrogens with zero attached hydrogens (tertiary/aromatic N) is 4. The van der Waals surface area contributed by atoms with Gasteiger partial charge in [-0.25, -0.2) is 4.98 Å². The number of carbonyl (C=O) groups excluding carboxylic acids is 1. The van der Waals surface area contributed by atoms with Crippen LogP contribution in [0.4, 0.5) is 10.1 Å². The molecular formula is C22H25ClN4O5S2. The minimum atomic E-state index is -0.436. The molecule has 0 saturated heterocycles. The van der Waals surface area contributed by atoms with E-state index in [-0.39, 0.29) is 23.3 Å². The molecule has 1 aliphatic heterocycles. The highest BCUT2D eigenvalue weighted by Crippen LogP contribution is 2.39. The van der Waals surface area contributed by atoms with Crippen molar-refractivity contribution in [2.45, 2.75) is 13.8 Å². The number of likely N-dealkylation sites (N-methyl/N-ethyl adjacent to an activating group) is 1. The van der Waals surface area contributed by atoms with Gasteiger partial charge in [-0.1, -0.05) is 36.5 Å². The van der Waals surface area contributed by atoms with Gasteiger partial charge in [0.05, 0.1) is 15.1 Å². The Hall–Kier alpha value is -2.73. The van der Waals surface area contributed by atoms with Crippen LogP contribution < -0.4 is 14.4 Å². The molecule has 1 aromatic carbocycles. The molecule has 1 aliphatic rings. The molecular weight excluding hydrogens is 500 g/mol. The molecule has 3 aromatic rings. The van der Waals surface area contributed by atoms with Gasteiger partial charge in [0.1, 0.15) is 13.2 Å². The van der Waals surface area contributed by atoms with Gasteiger partial charge in [0, 0.05) is 42.2 Å². The van der Waals surface area contributed by atoms with Crippen molar-refractivity contribution in [3.63, 3.8) is 0 Å². The van der Waals surface area contributed by atoms with Crippen LogP contribution in [0.25, 0.3) is 16.3 Å². The van der Waals surface area contributed by atoms with Crippen molar-refractivity contribution in [2.75, 3.05) is 44.3 Å². The lowest BCUT2D eigenvalue weighted by Gasteiger charge is -2.23. The maximum Gasteiger partial charge on any atom is 0.324 e. The van der Waals surface area contributed by atoms with Crippen LogP contribution in [0.5, 0.6) is 11.5 Å². The molecule has 9 nitrogen and oxygen atoms in total. The summed E-state index contributed by atoms with van der Waals surface area (Å²) in [5.74, 6) is 1.12. The number of hydrogen-bond donors (Lipinski definition) is 0. The van der Waals surface area contributed by atoms with Gasteiger partial charge in [-0.2, -0.15) is 0 Å². The Balaban J connectivity index is 0.00000324. The van der Waals surface area contributed by atoms with E-state index in [0.29, 0.717) is 47.8 Å². The molecule has 0 fully saturated rings. The highest BCUT2D eigenvalue weighted by atomic mass is 35.5. The summed E-state index contributed by atoms with van der Waals surface area (Å²) in [6.07, 6.45) is 3.05. The molecule has 3 heterocycles. The molecule has 2 aromatic heterocycles. The molecule has 0 atom stereocenters. The zero-order chi connectivity index (χ0) is 23.4. The number of aromatic nitrogens is 1. The maximum atomic E-state index is 13.2. The van der Waals surface area contributed by atoms with Crippen LogP contribution >= 0.6 is 35.1 Å². The highest BCUT2D eigenvalue weighted by Gasteiger charge is 2.21. The van der Waals surface area contributed by atoms with Crippen LogP contribution in [0.3, 0.4) is 0 Å². The van der Waals surface area contributed by atoms with E-state index >= 15 is 0 Å². The lowest BCUT2D eigenvalue weighted by molar-refractivity contribution is -0.380. The van der Waals surface area contributed by atoms with Crippen LogP contribution in [0, 0.1) is 10.1 Å². The predicted molar refractivity (Wildman–Crippen MR) is 138 cm³/mol. The molecule has 0 saturated carbocycles. The van der Waals surface area contributed by atoms with Crippen LogP contribution in [-0.2, 0) is 4.79 Å². The zero-order valence-electron chi connectivity index (χ0n) is 18.8. The second-order valence-corrected chi connectivity index (χ2v) is 9.35. The van der Waals surface area contributed by atoms with Crippen molar-refractivity contribution in [1.82, 2.24) is 9.88 Å². The number of thiophene rings is 1. The van der Waals surface area contributed by atoms with Crippen molar-refractivity contribution in [2.24, 2.45) is 0 Å². The molecule has 4 rings (SSSR count). The Morgan fingerprint density at radius 3 is 2.50 bits per heavy atom. The number of carbonyl (C=O) groups is 1. The van der Waals surface area contributed by atoms with E-state index in [1.165, 1.54) is 23.5 Å². The molecule has 0 bridgehead atoms. The lowest BCUT2D eigenvalue weighted by Crippen LogP contribution is -2.38. The van der Waals surface area contributed by atoms with Crippen molar-refractivity contribution in [3.8, 4) is 11.5 Å². The summed E-state index contributed by atoms with van der Waals surface area (Å²) in [6, 6.07) is 6.82. The fourth-order valence-electron chi connectivity index (χ4n) is 3.42. The number of benzene rings is 1. The number of nitro groups is 1. The van der Waals surface area contributed by atoms with E-state index in [1.807, 2.05) is 12.1 Å². The standard InChI is InChI=1S/C22H24N4O5S2.ClH/c1-3-24(4-2)9-10-25(20(27)7-5-15-6-8-21(32-15)26(28)29)22-23-16-13-17-18(14-19(16)33-22)31-12-11-30-17;/h5-8,13-14H,3-4,9-12H2,1-2H3;1H. The third-order valence-electron chi connectivity index (χ3n) is 5.26. The Morgan fingerprint density at radius 2 is 1.85 bits per heavy atom. The van der Waals surface area contributed by atoms with E-state index in [0.717, 1.165) is 34.6 Å². The number of ether oxygens (including phenoxy) is 2. The zero-order valence-corrected chi connectivity index (χ0v) is 21.2. The Morgan fingerprint density at radius 1 is 1.15 bits per heavy atom. The van der Waals surface area contributed by atoms with E-state index in [4.69, 9.17) is 14.5 Å². The lowest BCUT2D eigenvalue weighted by atomic mass is 10.3. The van der Waals surface area contributed by atoms with Gasteiger partial charge in [0.15, 0.2) is 16.6 Å². The summed E-state index contributed by atoms with van der Waals surface area (Å²) in [6.45, 7) is 8.11. The van der Waals surface area contributed by atoms with Crippen LogP contribution in [-0.4, -0.2) is 60.1 Å². The largest absolute Gasteiger partial charge is 0.486 e. The molecule has 0 spiro atoms. The highest BCUT2D eigenvalue weighted by molar-refractivity contribution is 7.22. The van der Waals surface area contributed by atoms with Gasteiger partial charge in [-0.3, -0.25) is 19.8 Å². The Bertz CT molecular complexity index is 1150. The quantitative estimate of drug-likeness (QED) is 0.224. The monoisotopic (exact) mass is 524 g/mol. The number of anilines is 1. The van der Waals surface area contributed by atoms with E-state index in [9.17, 15) is 14.9 Å². The number of rotatable bonds is 9. The van der Waals surface area contributed by atoms with Gasteiger partial charge in [-0.15, -0.1) is 12.4 Å². The normalized spacial score (nSPS) is 12.8. The Kier molecular flexibility index (Phi) is 8.84. The first-order valence-corrected chi connectivity index (χ1v) is 12.3. The van der Waals surface area contributed by atoms with E-state index in [2.05, 4.69) is 18.7 Å². The van der Waals surface area contributed by atoms with Crippen molar-refractivity contribution in [3.05, 3.63) is 45.3 Å². The summed E-state index contributed by atoms with van der Waals surface area (Å²) in [7, 11) is 0. The van der Waals surface area contributed by atoms with Gasteiger partial charge in [0.25, 0.3) is 5.91 Å². The second kappa shape index (κ2) is 11.6. The summed E-state index contributed by atoms with van der Waals surface area (Å²) in [4.78, 5) is 32.9. The second-order valence-electron chi connectivity index (χ2n) is 7.24. The summed E-state index contributed by atoms with van der Waals surface area (Å²) in [5.41, 5.74) is 0.748. The predicted octanol–water partition coefficient (Wildman–Crippen LogP) is 4.85. The van der Waals surface area contributed by atoms with Gasteiger partial charge >= 0.3 is 5.00 Å². The van der Waals surface area contributed by atoms with Gasteiger partial charge in [0.2, 0.25) is 0 Å². The molecule has 182 valence electrons. The fourth-order valence-corrected chi connectivity index (χ4v) is 5.15. The molecule has 0 N–H and O–H groups in total. The van der Waals surface area contributed by atoms with Gasteiger partial charge in [-0.05, 0) is 25.2 Å². The number of fused-ring (bicyclic) bond motifs is 2. The average molecular weight is 525 g/mol. The molecule has 0 unspecified atom stereocenters. The summed E-state index contributed by atoms with van der Waals surface area (Å²) < 4.78 is 12.2. The smallest absolute Gasteiger partial charge is 0.324 e. The number of hydrogen-bond acceptors (Lipinski definition) is 9. The average Bonchev–Trinajstić information content (AvgIpc) is 3.45.